The number of carbonyl (C=O) groups excluding carboxylic acids is 1. The number of unbranched alkanes of at least 4 members (excludes halogenated alkanes) is 1. The van der Waals surface area contributed by atoms with Crippen molar-refractivity contribution in [3.63, 3.8) is 0 Å². The number of nitrogens with zero attached hydrogens (tertiary/aromatic N) is 1. The lowest BCUT2D eigenvalue weighted by Crippen LogP contribution is -2.39. The van der Waals surface area contributed by atoms with Crippen molar-refractivity contribution in [2.75, 3.05) is 13.7 Å². The summed E-state index contributed by atoms with van der Waals surface area (Å²) in [7, 11) is 1.95. The molecule has 0 aliphatic heterocycles. The van der Waals surface area contributed by atoms with Gasteiger partial charge in [0.05, 0.1) is 0 Å². The minimum Gasteiger partial charge on any atom is -0.396 e. The van der Waals surface area contributed by atoms with Gasteiger partial charge < -0.3 is 10.0 Å². The molecule has 0 bridgehead atoms. The van der Waals surface area contributed by atoms with Crippen molar-refractivity contribution >= 4 is 5.91 Å². The molecular weight excluding hydrogens is 238 g/mol. The van der Waals surface area contributed by atoms with Crippen molar-refractivity contribution in [2.24, 2.45) is 11.8 Å². The first-order chi connectivity index (χ1) is 9.04. The van der Waals surface area contributed by atoms with Gasteiger partial charge in [0, 0.05) is 26.1 Å². The average Bonchev–Trinajstić information content (AvgIpc) is 2.42. The van der Waals surface area contributed by atoms with Crippen LogP contribution in [0.2, 0.25) is 0 Å². The highest BCUT2D eigenvalue weighted by atomic mass is 16.3. The van der Waals surface area contributed by atoms with Gasteiger partial charge in [-0.3, -0.25) is 4.79 Å². The molecule has 112 valence electrons. The number of hydrogen-bond acceptors (Lipinski definition) is 2. The lowest BCUT2D eigenvalue weighted by atomic mass is 9.86. The highest BCUT2D eigenvalue weighted by molar-refractivity contribution is 5.76. The molecule has 0 aromatic rings. The smallest absolute Gasteiger partial charge is 0.222 e. The number of aliphatic hydroxyl groups excluding tert-OH is 1. The van der Waals surface area contributed by atoms with Crippen molar-refractivity contribution in [2.45, 2.75) is 71.3 Å². The molecule has 3 nitrogen and oxygen atoms in total. The zero-order chi connectivity index (χ0) is 14.3. The molecule has 1 fully saturated rings. The molecule has 0 aromatic heterocycles. The molecule has 0 atom stereocenters. The molecule has 19 heavy (non-hydrogen) atoms. The van der Waals surface area contributed by atoms with E-state index in [0.29, 0.717) is 30.9 Å². The van der Waals surface area contributed by atoms with Crippen molar-refractivity contribution in [1.29, 1.82) is 0 Å². The number of rotatable bonds is 7. The lowest BCUT2D eigenvalue weighted by molar-refractivity contribution is -0.132. The van der Waals surface area contributed by atoms with E-state index in [1.54, 1.807) is 0 Å². The van der Waals surface area contributed by atoms with Gasteiger partial charge in [-0.1, -0.05) is 26.7 Å². The highest BCUT2D eigenvalue weighted by Crippen LogP contribution is 2.27. The van der Waals surface area contributed by atoms with E-state index < -0.39 is 0 Å². The third-order valence-corrected chi connectivity index (χ3v) is 4.44. The first kappa shape index (κ1) is 16.5. The Balaban J connectivity index is 2.21. The van der Waals surface area contributed by atoms with Crippen LogP contribution in [0.1, 0.15) is 65.2 Å². The number of aliphatic hydroxyl groups is 1. The van der Waals surface area contributed by atoms with Crippen LogP contribution in [0.15, 0.2) is 0 Å². The van der Waals surface area contributed by atoms with Crippen LogP contribution >= 0.6 is 0 Å². The van der Waals surface area contributed by atoms with Crippen molar-refractivity contribution < 1.29 is 9.90 Å². The molecule has 0 unspecified atom stereocenters. The molecule has 0 heterocycles. The quantitative estimate of drug-likeness (QED) is 0.721. The molecule has 1 N–H and O–H groups in total. The van der Waals surface area contributed by atoms with Gasteiger partial charge in [0.2, 0.25) is 5.91 Å². The Bertz CT molecular complexity index is 257. The maximum Gasteiger partial charge on any atom is 0.222 e. The van der Waals surface area contributed by atoms with Crippen LogP contribution in [0.25, 0.3) is 0 Å². The summed E-state index contributed by atoms with van der Waals surface area (Å²) < 4.78 is 0. The fourth-order valence-corrected chi connectivity index (χ4v) is 2.92. The fraction of sp³-hybridized carbons (Fsp3) is 0.938. The topological polar surface area (TPSA) is 40.5 Å². The summed E-state index contributed by atoms with van der Waals surface area (Å²) >= 11 is 0. The second-order valence-electron chi connectivity index (χ2n) is 6.50. The van der Waals surface area contributed by atoms with E-state index in [9.17, 15) is 4.79 Å². The average molecular weight is 269 g/mol. The molecule has 1 amide bonds. The Morgan fingerprint density at radius 2 is 1.84 bits per heavy atom. The van der Waals surface area contributed by atoms with E-state index in [0.717, 1.165) is 44.4 Å². The first-order valence-electron chi connectivity index (χ1n) is 7.91. The van der Waals surface area contributed by atoms with Crippen molar-refractivity contribution in [1.82, 2.24) is 4.90 Å². The Hall–Kier alpha value is -0.570. The standard InChI is InChI=1S/C16H31NO2/c1-13(2)6-4-5-7-16(19)17(3)15-10-8-14(12-18)9-11-15/h13-15,18H,4-12H2,1-3H3. The largest absolute Gasteiger partial charge is 0.396 e. The van der Waals surface area contributed by atoms with E-state index in [2.05, 4.69) is 13.8 Å². The van der Waals surface area contributed by atoms with E-state index >= 15 is 0 Å². The van der Waals surface area contributed by atoms with E-state index in [4.69, 9.17) is 5.11 Å². The SMILES string of the molecule is CC(C)CCCCC(=O)N(C)C1CCC(CO)CC1. The molecule has 1 aliphatic rings. The van der Waals surface area contributed by atoms with Crippen molar-refractivity contribution in [3.05, 3.63) is 0 Å². The molecule has 0 radical (unpaired) electrons. The van der Waals surface area contributed by atoms with Crippen molar-refractivity contribution in [3.8, 4) is 0 Å². The van der Waals surface area contributed by atoms with Gasteiger partial charge in [-0.05, 0) is 43.9 Å². The van der Waals surface area contributed by atoms with Crippen LogP contribution < -0.4 is 0 Å². The van der Waals surface area contributed by atoms with Crippen LogP contribution in [-0.4, -0.2) is 35.6 Å². The summed E-state index contributed by atoms with van der Waals surface area (Å²) in [5.41, 5.74) is 0. The normalized spacial score (nSPS) is 23.6. The van der Waals surface area contributed by atoms with Gasteiger partial charge in [-0.15, -0.1) is 0 Å². The van der Waals surface area contributed by atoms with E-state index in [-0.39, 0.29) is 0 Å². The van der Waals surface area contributed by atoms with Crippen LogP contribution in [0, 0.1) is 11.8 Å². The molecule has 1 aliphatic carbocycles. The first-order valence-corrected chi connectivity index (χ1v) is 7.91. The molecule has 1 saturated carbocycles. The maximum absolute atomic E-state index is 12.1. The van der Waals surface area contributed by atoms with Crippen LogP contribution in [0.3, 0.4) is 0 Å². The summed E-state index contributed by atoms with van der Waals surface area (Å²) in [6, 6.07) is 0.403. The second-order valence-corrected chi connectivity index (χ2v) is 6.50. The monoisotopic (exact) mass is 269 g/mol. The molecule has 0 saturated heterocycles. The third kappa shape index (κ3) is 5.94. The minimum absolute atomic E-state index is 0.302. The van der Waals surface area contributed by atoms with Crippen LogP contribution in [0.4, 0.5) is 0 Å². The zero-order valence-corrected chi connectivity index (χ0v) is 12.9. The van der Waals surface area contributed by atoms with E-state index in [1.165, 1.54) is 6.42 Å². The number of amides is 1. The summed E-state index contributed by atoms with van der Waals surface area (Å²) in [6.45, 7) is 4.76. The predicted molar refractivity (Wildman–Crippen MR) is 78.9 cm³/mol. The van der Waals surface area contributed by atoms with Crippen LogP contribution in [0.5, 0.6) is 0 Å². The zero-order valence-electron chi connectivity index (χ0n) is 12.9. The number of carbonyl (C=O) groups is 1. The second kappa shape index (κ2) is 8.57. The molecule has 3 heteroatoms. The molecule has 0 spiro atoms. The maximum atomic E-state index is 12.1. The van der Waals surface area contributed by atoms with Gasteiger partial charge >= 0.3 is 0 Å². The Kier molecular flexibility index (Phi) is 7.44. The molecular formula is C16H31NO2. The number of hydrogen-bond donors (Lipinski definition) is 1. The van der Waals surface area contributed by atoms with E-state index in [1.807, 2.05) is 11.9 Å². The summed E-state index contributed by atoms with van der Waals surface area (Å²) in [5, 5.41) is 9.13. The fourth-order valence-electron chi connectivity index (χ4n) is 2.92. The van der Waals surface area contributed by atoms with Gasteiger partial charge in [0.25, 0.3) is 0 Å². The van der Waals surface area contributed by atoms with Gasteiger partial charge in [0.1, 0.15) is 0 Å². The summed E-state index contributed by atoms with van der Waals surface area (Å²) in [4.78, 5) is 14.1. The lowest BCUT2D eigenvalue weighted by Gasteiger charge is -2.34. The third-order valence-electron chi connectivity index (χ3n) is 4.44. The molecule has 0 aromatic carbocycles. The van der Waals surface area contributed by atoms with Gasteiger partial charge in [-0.25, -0.2) is 0 Å². The summed E-state index contributed by atoms with van der Waals surface area (Å²) in [5.74, 6) is 1.50. The highest BCUT2D eigenvalue weighted by Gasteiger charge is 2.25. The predicted octanol–water partition coefficient (Wildman–Crippen LogP) is 3.21. The van der Waals surface area contributed by atoms with Gasteiger partial charge in [-0.2, -0.15) is 0 Å². The Morgan fingerprint density at radius 3 is 2.37 bits per heavy atom. The van der Waals surface area contributed by atoms with Gasteiger partial charge in [0.15, 0.2) is 0 Å². The summed E-state index contributed by atoms with van der Waals surface area (Å²) in [6.07, 6.45) is 8.33. The minimum atomic E-state index is 0.302. The Morgan fingerprint density at radius 1 is 1.21 bits per heavy atom. The molecule has 1 rings (SSSR count). The van der Waals surface area contributed by atoms with Crippen LogP contribution in [-0.2, 0) is 4.79 Å². The Labute approximate surface area is 118 Å².